The lowest BCUT2D eigenvalue weighted by atomic mass is 10.1. The molecule has 1 atom stereocenters. The van der Waals surface area contributed by atoms with Gasteiger partial charge < -0.3 is 15.0 Å². The van der Waals surface area contributed by atoms with Crippen molar-refractivity contribution in [1.82, 2.24) is 10.2 Å². The SMILES string of the molecule is COc1cccc(CNC(=O)[C@H]2CC(=O)N(C3CCCC3)C2)c1. The minimum absolute atomic E-state index is 0.0262. The van der Waals surface area contributed by atoms with Crippen LogP contribution in [0.3, 0.4) is 0 Å². The van der Waals surface area contributed by atoms with Gasteiger partial charge >= 0.3 is 0 Å². The molecule has 1 heterocycles. The number of nitrogens with one attached hydrogen (secondary N) is 1. The summed E-state index contributed by atoms with van der Waals surface area (Å²) < 4.78 is 5.18. The summed E-state index contributed by atoms with van der Waals surface area (Å²) >= 11 is 0. The average Bonchev–Trinajstić information content (AvgIpc) is 3.22. The number of nitrogens with zero attached hydrogens (tertiary/aromatic N) is 1. The first-order chi connectivity index (χ1) is 11.2. The van der Waals surface area contributed by atoms with Crippen molar-refractivity contribution in [2.75, 3.05) is 13.7 Å². The van der Waals surface area contributed by atoms with Crippen LogP contribution in [0.4, 0.5) is 0 Å². The Labute approximate surface area is 137 Å². The van der Waals surface area contributed by atoms with Crippen LogP contribution in [-0.4, -0.2) is 36.4 Å². The van der Waals surface area contributed by atoms with Gasteiger partial charge in [-0.15, -0.1) is 0 Å². The monoisotopic (exact) mass is 316 g/mol. The van der Waals surface area contributed by atoms with Crippen LogP contribution in [-0.2, 0) is 16.1 Å². The molecule has 2 amide bonds. The summed E-state index contributed by atoms with van der Waals surface area (Å²) in [5.41, 5.74) is 0.995. The molecule has 0 bridgehead atoms. The van der Waals surface area contributed by atoms with Crippen LogP contribution in [0, 0.1) is 5.92 Å². The third kappa shape index (κ3) is 3.66. The second-order valence-electron chi connectivity index (χ2n) is 6.45. The number of hydrogen-bond acceptors (Lipinski definition) is 3. The molecule has 0 spiro atoms. The molecule has 0 unspecified atom stereocenters. The molecule has 23 heavy (non-hydrogen) atoms. The number of likely N-dealkylation sites (tertiary alicyclic amines) is 1. The van der Waals surface area contributed by atoms with Crippen LogP contribution >= 0.6 is 0 Å². The molecule has 0 aromatic heterocycles. The molecule has 3 rings (SSSR count). The highest BCUT2D eigenvalue weighted by Crippen LogP contribution is 2.29. The van der Waals surface area contributed by atoms with Crippen molar-refractivity contribution in [2.24, 2.45) is 5.92 Å². The zero-order valence-electron chi connectivity index (χ0n) is 13.6. The Morgan fingerprint density at radius 2 is 2.13 bits per heavy atom. The van der Waals surface area contributed by atoms with Gasteiger partial charge in [0.1, 0.15) is 5.75 Å². The lowest BCUT2D eigenvalue weighted by molar-refractivity contribution is -0.130. The van der Waals surface area contributed by atoms with Crippen LogP contribution < -0.4 is 10.1 Å². The lowest BCUT2D eigenvalue weighted by Crippen LogP contribution is -2.36. The zero-order chi connectivity index (χ0) is 16.2. The molecule has 2 aliphatic rings. The number of benzene rings is 1. The van der Waals surface area contributed by atoms with Gasteiger partial charge in [-0.2, -0.15) is 0 Å². The Morgan fingerprint density at radius 1 is 1.35 bits per heavy atom. The standard InChI is InChI=1S/C18H24N2O3/c1-23-16-8-4-5-13(9-16)11-19-18(22)14-10-17(21)20(12-14)15-6-2-3-7-15/h4-5,8-9,14-15H,2-3,6-7,10-12H2,1H3,(H,19,22)/t14-/m0/s1. The highest BCUT2D eigenvalue weighted by molar-refractivity contribution is 5.89. The Balaban J connectivity index is 1.53. The van der Waals surface area contributed by atoms with Crippen molar-refractivity contribution in [3.8, 4) is 5.75 Å². The van der Waals surface area contributed by atoms with Crippen molar-refractivity contribution in [3.63, 3.8) is 0 Å². The smallest absolute Gasteiger partial charge is 0.225 e. The molecule has 2 fully saturated rings. The molecule has 1 saturated heterocycles. The third-order valence-corrected chi connectivity index (χ3v) is 4.90. The molecular formula is C18H24N2O3. The molecule has 1 aromatic carbocycles. The Hall–Kier alpha value is -2.04. The minimum Gasteiger partial charge on any atom is -0.497 e. The van der Waals surface area contributed by atoms with Crippen molar-refractivity contribution in [1.29, 1.82) is 0 Å². The topological polar surface area (TPSA) is 58.6 Å². The fourth-order valence-corrected chi connectivity index (χ4v) is 3.59. The van der Waals surface area contributed by atoms with Gasteiger partial charge in [-0.1, -0.05) is 25.0 Å². The number of carbonyl (C=O) groups is 2. The first-order valence-electron chi connectivity index (χ1n) is 8.37. The number of amides is 2. The molecule has 5 heteroatoms. The van der Waals surface area contributed by atoms with E-state index >= 15 is 0 Å². The van der Waals surface area contributed by atoms with Crippen LogP contribution in [0.25, 0.3) is 0 Å². The van der Waals surface area contributed by atoms with Gasteiger partial charge in [0, 0.05) is 25.6 Å². The average molecular weight is 316 g/mol. The second kappa shape index (κ2) is 7.02. The van der Waals surface area contributed by atoms with Gasteiger partial charge in [0.25, 0.3) is 0 Å². The predicted molar refractivity (Wildman–Crippen MR) is 86.9 cm³/mol. The molecule has 1 N–H and O–H groups in total. The largest absolute Gasteiger partial charge is 0.497 e. The fourth-order valence-electron chi connectivity index (χ4n) is 3.59. The van der Waals surface area contributed by atoms with E-state index in [1.807, 2.05) is 29.2 Å². The highest BCUT2D eigenvalue weighted by atomic mass is 16.5. The maximum atomic E-state index is 12.4. The van der Waals surface area contributed by atoms with Crippen molar-refractivity contribution >= 4 is 11.8 Å². The first kappa shape index (κ1) is 15.8. The second-order valence-corrected chi connectivity index (χ2v) is 6.45. The van der Waals surface area contributed by atoms with E-state index in [1.54, 1.807) is 7.11 Å². The minimum atomic E-state index is -0.214. The molecule has 1 aromatic rings. The van der Waals surface area contributed by atoms with E-state index in [9.17, 15) is 9.59 Å². The molecule has 1 aliphatic heterocycles. The molecule has 5 nitrogen and oxygen atoms in total. The van der Waals surface area contributed by atoms with Crippen molar-refractivity contribution in [2.45, 2.75) is 44.7 Å². The molecule has 1 saturated carbocycles. The highest BCUT2D eigenvalue weighted by Gasteiger charge is 2.38. The van der Waals surface area contributed by atoms with Gasteiger partial charge in [0.05, 0.1) is 13.0 Å². The van der Waals surface area contributed by atoms with E-state index in [4.69, 9.17) is 4.74 Å². The van der Waals surface area contributed by atoms with Crippen molar-refractivity contribution < 1.29 is 14.3 Å². The van der Waals surface area contributed by atoms with E-state index in [0.717, 1.165) is 24.2 Å². The lowest BCUT2D eigenvalue weighted by Gasteiger charge is -2.23. The summed E-state index contributed by atoms with van der Waals surface area (Å²) in [6.45, 7) is 1.04. The number of carbonyl (C=O) groups excluding carboxylic acids is 2. The molecule has 0 radical (unpaired) electrons. The van der Waals surface area contributed by atoms with Crippen LogP contribution in [0.15, 0.2) is 24.3 Å². The molecular weight excluding hydrogens is 292 g/mol. The van der Waals surface area contributed by atoms with Crippen LogP contribution in [0.1, 0.15) is 37.7 Å². The Bertz CT molecular complexity index is 581. The van der Waals surface area contributed by atoms with Gasteiger partial charge in [-0.25, -0.2) is 0 Å². The zero-order valence-corrected chi connectivity index (χ0v) is 13.6. The van der Waals surface area contributed by atoms with E-state index in [2.05, 4.69) is 5.32 Å². The quantitative estimate of drug-likeness (QED) is 0.905. The van der Waals surface area contributed by atoms with Gasteiger partial charge in [-0.05, 0) is 30.5 Å². The van der Waals surface area contributed by atoms with E-state index in [0.29, 0.717) is 25.6 Å². The Morgan fingerprint density at radius 3 is 2.87 bits per heavy atom. The summed E-state index contributed by atoms with van der Waals surface area (Å²) in [6, 6.07) is 8.00. The number of ether oxygens (including phenoxy) is 1. The predicted octanol–water partition coefficient (Wildman–Crippen LogP) is 2.10. The summed E-state index contributed by atoms with van der Waals surface area (Å²) in [5, 5.41) is 2.95. The Kier molecular flexibility index (Phi) is 4.84. The fraction of sp³-hybridized carbons (Fsp3) is 0.556. The van der Waals surface area contributed by atoms with Crippen molar-refractivity contribution in [3.05, 3.63) is 29.8 Å². The third-order valence-electron chi connectivity index (χ3n) is 4.90. The molecule has 124 valence electrons. The number of hydrogen-bond donors (Lipinski definition) is 1. The van der Waals surface area contributed by atoms with Crippen LogP contribution in [0.5, 0.6) is 5.75 Å². The molecule has 1 aliphatic carbocycles. The van der Waals surface area contributed by atoms with E-state index < -0.39 is 0 Å². The number of rotatable bonds is 5. The van der Waals surface area contributed by atoms with Gasteiger partial charge in [0.2, 0.25) is 11.8 Å². The van der Waals surface area contributed by atoms with E-state index in [1.165, 1.54) is 12.8 Å². The normalized spacial score (nSPS) is 21.7. The maximum absolute atomic E-state index is 12.4. The van der Waals surface area contributed by atoms with Gasteiger partial charge in [-0.3, -0.25) is 9.59 Å². The first-order valence-corrected chi connectivity index (χ1v) is 8.37. The van der Waals surface area contributed by atoms with Gasteiger partial charge in [0.15, 0.2) is 0 Å². The summed E-state index contributed by atoms with van der Waals surface area (Å²) in [6.07, 6.45) is 4.91. The van der Waals surface area contributed by atoms with Crippen LogP contribution in [0.2, 0.25) is 0 Å². The number of methoxy groups -OCH3 is 1. The summed E-state index contributed by atoms with van der Waals surface area (Å²) in [7, 11) is 1.62. The maximum Gasteiger partial charge on any atom is 0.225 e. The summed E-state index contributed by atoms with van der Waals surface area (Å²) in [4.78, 5) is 26.5. The van der Waals surface area contributed by atoms with E-state index in [-0.39, 0.29) is 17.7 Å². The summed E-state index contributed by atoms with van der Waals surface area (Å²) in [5.74, 6) is 0.675.